The molecule has 1 amide bonds. The van der Waals surface area contributed by atoms with E-state index in [1.54, 1.807) is 0 Å². The van der Waals surface area contributed by atoms with Gasteiger partial charge in [0.15, 0.2) is 0 Å². The van der Waals surface area contributed by atoms with E-state index in [1.807, 2.05) is 19.1 Å². The minimum atomic E-state index is -0.618. The molecule has 0 spiro atoms. The highest BCUT2D eigenvalue weighted by atomic mass is 32.3. The van der Waals surface area contributed by atoms with Crippen LogP contribution in [-0.4, -0.2) is 55.3 Å². The standard InChI is InChI=1S/C16H32N2O2S/c1-6-8-15(14(7-2)17-13-9-10-13)18-16(19)20-11-12-21(3,4)5/h6,8,13-15,17H,7,9-12H2,1-5H3,(H,18,19)/b8-6-/t14-,15+/m0/s1. The first-order chi connectivity index (χ1) is 9.85. The lowest BCUT2D eigenvalue weighted by molar-refractivity contribution is 0.148. The largest absolute Gasteiger partial charge is 0.449 e. The van der Waals surface area contributed by atoms with E-state index in [-0.39, 0.29) is 18.2 Å². The SMILES string of the molecule is C/C=C\[C@@H](NC(=O)OCCS(C)(C)C)[C@H](CC)NC1CC1. The average Bonchev–Trinajstić information content (AvgIpc) is 3.18. The molecule has 1 aliphatic carbocycles. The van der Waals surface area contributed by atoms with Crippen molar-refractivity contribution in [3.05, 3.63) is 12.2 Å². The summed E-state index contributed by atoms with van der Waals surface area (Å²) in [6, 6.07) is 0.898. The number of alkyl carbamates (subject to hydrolysis) is 1. The number of carbonyl (C=O) groups is 1. The van der Waals surface area contributed by atoms with Crippen molar-refractivity contribution in [1.82, 2.24) is 10.6 Å². The van der Waals surface area contributed by atoms with Crippen molar-refractivity contribution in [3.63, 3.8) is 0 Å². The number of carbonyl (C=O) groups excluding carboxylic acids is 1. The quantitative estimate of drug-likeness (QED) is 0.643. The number of hydrogen-bond acceptors (Lipinski definition) is 3. The molecule has 0 aromatic carbocycles. The first-order valence-corrected chi connectivity index (χ1v) is 10.9. The van der Waals surface area contributed by atoms with Crippen LogP contribution < -0.4 is 10.6 Å². The summed E-state index contributed by atoms with van der Waals surface area (Å²) in [5, 5.41) is 6.58. The number of hydrogen-bond donors (Lipinski definition) is 2. The third-order valence-corrected chi connectivity index (χ3v) is 4.91. The Morgan fingerprint density at radius 3 is 2.52 bits per heavy atom. The Morgan fingerprint density at radius 1 is 1.38 bits per heavy atom. The van der Waals surface area contributed by atoms with E-state index in [0.29, 0.717) is 12.6 Å². The Labute approximate surface area is 131 Å². The van der Waals surface area contributed by atoms with Gasteiger partial charge in [-0.05, 0) is 45.0 Å². The first kappa shape index (κ1) is 18.4. The molecule has 0 heterocycles. The van der Waals surface area contributed by atoms with Crippen molar-refractivity contribution < 1.29 is 9.53 Å². The molecule has 0 bridgehead atoms. The van der Waals surface area contributed by atoms with E-state index in [4.69, 9.17) is 4.74 Å². The number of allylic oxidation sites excluding steroid dienone is 1. The summed E-state index contributed by atoms with van der Waals surface area (Å²) in [5.74, 6) is 0.951. The maximum Gasteiger partial charge on any atom is 0.407 e. The molecular weight excluding hydrogens is 284 g/mol. The summed E-state index contributed by atoms with van der Waals surface area (Å²) in [6.45, 7) is 4.62. The van der Waals surface area contributed by atoms with E-state index in [1.165, 1.54) is 12.8 Å². The van der Waals surface area contributed by atoms with Gasteiger partial charge in [0, 0.05) is 17.8 Å². The topological polar surface area (TPSA) is 50.4 Å². The van der Waals surface area contributed by atoms with Gasteiger partial charge in [-0.3, -0.25) is 0 Å². The summed E-state index contributed by atoms with van der Waals surface area (Å²) in [4.78, 5) is 12.0. The van der Waals surface area contributed by atoms with Gasteiger partial charge in [-0.25, -0.2) is 14.8 Å². The van der Waals surface area contributed by atoms with Crippen molar-refractivity contribution in [3.8, 4) is 0 Å². The number of rotatable bonds is 9. The van der Waals surface area contributed by atoms with Gasteiger partial charge in [-0.15, -0.1) is 0 Å². The van der Waals surface area contributed by atoms with Crippen LogP contribution in [0.25, 0.3) is 0 Å². The van der Waals surface area contributed by atoms with E-state index in [2.05, 4.69) is 36.3 Å². The zero-order chi connectivity index (χ0) is 15.9. The van der Waals surface area contributed by atoms with Gasteiger partial charge in [0.1, 0.15) is 6.61 Å². The summed E-state index contributed by atoms with van der Waals surface area (Å²) in [7, 11) is -0.618. The Kier molecular flexibility index (Phi) is 7.60. The molecule has 0 saturated heterocycles. The van der Waals surface area contributed by atoms with Crippen LogP contribution in [0.2, 0.25) is 0 Å². The van der Waals surface area contributed by atoms with Crippen LogP contribution in [0.1, 0.15) is 33.1 Å². The van der Waals surface area contributed by atoms with Gasteiger partial charge >= 0.3 is 6.09 Å². The molecule has 0 aromatic rings. The Balaban J connectivity index is 2.42. The van der Waals surface area contributed by atoms with Gasteiger partial charge in [0.05, 0.1) is 6.04 Å². The van der Waals surface area contributed by atoms with Gasteiger partial charge < -0.3 is 15.4 Å². The molecule has 21 heavy (non-hydrogen) atoms. The van der Waals surface area contributed by atoms with Gasteiger partial charge in [-0.1, -0.05) is 19.1 Å². The maximum atomic E-state index is 12.0. The highest BCUT2D eigenvalue weighted by Gasteiger charge is 2.28. The van der Waals surface area contributed by atoms with Crippen LogP contribution in [-0.2, 0) is 4.74 Å². The average molecular weight is 317 g/mol. The fourth-order valence-electron chi connectivity index (χ4n) is 2.08. The molecule has 4 nitrogen and oxygen atoms in total. The lowest BCUT2D eigenvalue weighted by atomic mass is 10.1. The fraction of sp³-hybridized carbons (Fsp3) is 0.812. The van der Waals surface area contributed by atoms with Crippen LogP contribution in [0, 0.1) is 0 Å². The van der Waals surface area contributed by atoms with Gasteiger partial charge in [0.25, 0.3) is 0 Å². The second-order valence-corrected chi connectivity index (χ2v) is 11.2. The molecular formula is C16H32N2O2S. The molecule has 1 aliphatic rings. The van der Waals surface area contributed by atoms with Crippen LogP contribution in [0.3, 0.4) is 0 Å². The molecule has 0 aromatic heterocycles. The molecule has 5 heteroatoms. The van der Waals surface area contributed by atoms with Crippen LogP contribution in [0.5, 0.6) is 0 Å². The maximum absolute atomic E-state index is 12.0. The van der Waals surface area contributed by atoms with Gasteiger partial charge in [0.2, 0.25) is 0 Å². The van der Waals surface area contributed by atoms with Crippen LogP contribution >= 0.6 is 10.0 Å². The molecule has 0 aliphatic heterocycles. The minimum absolute atomic E-state index is 0.00455. The Bertz CT molecular complexity index is 349. The predicted molar refractivity (Wildman–Crippen MR) is 93.6 cm³/mol. The van der Waals surface area contributed by atoms with Crippen LogP contribution in [0.4, 0.5) is 4.79 Å². The van der Waals surface area contributed by atoms with Crippen molar-refractivity contribution in [1.29, 1.82) is 0 Å². The third-order valence-electron chi connectivity index (χ3n) is 3.51. The zero-order valence-electron chi connectivity index (χ0n) is 14.1. The first-order valence-electron chi connectivity index (χ1n) is 7.84. The van der Waals surface area contributed by atoms with E-state index < -0.39 is 10.0 Å². The third kappa shape index (κ3) is 8.37. The van der Waals surface area contributed by atoms with Crippen LogP contribution in [0.15, 0.2) is 12.2 Å². The highest BCUT2D eigenvalue weighted by Crippen LogP contribution is 2.33. The summed E-state index contributed by atoms with van der Waals surface area (Å²) >= 11 is 0. The number of amides is 1. The van der Waals surface area contributed by atoms with Gasteiger partial charge in [-0.2, -0.15) is 0 Å². The zero-order valence-corrected chi connectivity index (χ0v) is 15.0. The van der Waals surface area contributed by atoms with Crippen molar-refractivity contribution in [2.45, 2.75) is 51.2 Å². The molecule has 1 fully saturated rings. The molecule has 1 saturated carbocycles. The Hall–Kier alpha value is -0.680. The van der Waals surface area contributed by atoms with E-state index in [9.17, 15) is 4.79 Å². The monoisotopic (exact) mass is 316 g/mol. The molecule has 2 atom stereocenters. The highest BCUT2D eigenvalue weighted by molar-refractivity contribution is 8.32. The minimum Gasteiger partial charge on any atom is -0.449 e. The summed E-state index contributed by atoms with van der Waals surface area (Å²) in [6.07, 6.45) is 13.9. The number of ether oxygens (including phenoxy) is 1. The predicted octanol–water partition coefficient (Wildman–Crippen LogP) is 2.88. The lowest BCUT2D eigenvalue weighted by Gasteiger charge is -2.27. The van der Waals surface area contributed by atoms with Crippen molar-refractivity contribution in [2.24, 2.45) is 0 Å². The smallest absolute Gasteiger partial charge is 0.407 e. The lowest BCUT2D eigenvalue weighted by Crippen LogP contribution is -2.49. The second kappa shape index (κ2) is 8.69. The fourth-order valence-corrected chi connectivity index (χ4v) is 2.66. The number of nitrogens with one attached hydrogen (secondary N) is 2. The van der Waals surface area contributed by atoms with Crippen molar-refractivity contribution >= 4 is 16.1 Å². The molecule has 2 N–H and O–H groups in total. The summed E-state index contributed by atoms with van der Waals surface area (Å²) < 4.78 is 5.32. The van der Waals surface area contributed by atoms with E-state index >= 15 is 0 Å². The molecule has 0 radical (unpaired) electrons. The van der Waals surface area contributed by atoms with Crippen molar-refractivity contribution in [2.75, 3.05) is 31.1 Å². The van der Waals surface area contributed by atoms with E-state index in [0.717, 1.165) is 12.2 Å². The Morgan fingerprint density at radius 2 is 2.05 bits per heavy atom. The molecule has 0 unspecified atom stereocenters. The molecule has 124 valence electrons. The second-order valence-electron chi connectivity index (χ2n) is 6.58. The normalized spacial score (nSPS) is 19.3. The molecule has 1 rings (SSSR count). The summed E-state index contributed by atoms with van der Waals surface area (Å²) in [5.41, 5.74) is 0.